The third kappa shape index (κ3) is 3.69. The van der Waals surface area contributed by atoms with Gasteiger partial charge < -0.3 is 5.32 Å². The first-order chi connectivity index (χ1) is 7.15. The van der Waals surface area contributed by atoms with E-state index in [1.165, 1.54) is 5.56 Å². The molecule has 0 radical (unpaired) electrons. The molecule has 1 aromatic carbocycles. The van der Waals surface area contributed by atoms with Crippen LogP contribution in [0.1, 0.15) is 23.1 Å². The molecule has 1 nitrogen and oxygen atoms in total. The minimum atomic E-state index is 0.877. The number of aryl methyl sites for hydroxylation is 2. The summed E-state index contributed by atoms with van der Waals surface area (Å²) in [5.74, 6) is 0. The van der Waals surface area contributed by atoms with Gasteiger partial charge in [-0.1, -0.05) is 35.9 Å². The second-order valence-electron chi connectivity index (χ2n) is 3.76. The van der Waals surface area contributed by atoms with Crippen molar-refractivity contribution in [2.24, 2.45) is 0 Å². The number of nitrogens with one attached hydrogen (secondary N) is 1. The molecule has 2 heteroatoms. The van der Waals surface area contributed by atoms with Crippen LogP contribution >= 0.6 is 11.6 Å². The molecule has 1 aromatic rings. The summed E-state index contributed by atoms with van der Waals surface area (Å²) in [4.78, 5) is 0. The molecule has 0 aliphatic heterocycles. The quantitative estimate of drug-likeness (QED) is 0.770. The van der Waals surface area contributed by atoms with Crippen LogP contribution in [-0.2, 0) is 0 Å². The van der Waals surface area contributed by atoms with Crippen LogP contribution in [0.5, 0.6) is 0 Å². The molecule has 1 rings (SSSR count). The SMILES string of the molecule is CNCCC=Cc1cc(C)c(Cl)c(C)c1. The molecular weight excluding hydrogens is 206 g/mol. The highest BCUT2D eigenvalue weighted by Gasteiger charge is 1.99. The summed E-state index contributed by atoms with van der Waals surface area (Å²) < 4.78 is 0. The molecule has 15 heavy (non-hydrogen) atoms. The van der Waals surface area contributed by atoms with Crippen molar-refractivity contribution in [3.8, 4) is 0 Å². The Morgan fingerprint density at radius 3 is 2.40 bits per heavy atom. The van der Waals surface area contributed by atoms with E-state index >= 15 is 0 Å². The van der Waals surface area contributed by atoms with Gasteiger partial charge in [-0.2, -0.15) is 0 Å². The minimum Gasteiger partial charge on any atom is -0.319 e. The van der Waals surface area contributed by atoms with E-state index < -0.39 is 0 Å². The van der Waals surface area contributed by atoms with Gasteiger partial charge in [-0.15, -0.1) is 0 Å². The van der Waals surface area contributed by atoms with Gasteiger partial charge in [-0.3, -0.25) is 0 Å². The van der Waals surface area contributed by atoms with Gasteiger partial charge in [0.15, 0.2) is 0 Å². The van der Waals surface area contributed by atoms with Crippen LogP contribution in [-0.4, -0.2) is 13.6 Å². The summed E-state index contributed by atoms with van der Waals surface area (Å²) in [7, 11) is 1.96. The molecule has 0 atom stereocenters. The second-order valence-corrected chi connectivity index (χ2v) is 4.14. The molecule has 0 amide bonds. The van der Waals surface area contributed by atoms with Crippen LogP contribution < -0.4 is 5.32 Å². The molecule has 0 spiro atoms. The molecule has 0 saturated heterocycles. The zero-order valence-electron chi connectivity index (χ0n) is 9.60. The molecule has 1 N–H and O–H groups in total. The summed E-state index contributed by atoms with van der Waals surface area (Å²) in [6.07, 6.45) is 5.38. The highest BCUT2D eigenvalue weighted by atomic mass is 35.5. The minimum absolute atomic E-state index is 0.877. The summed E-state index contributed by atoms with van der Waals surface area (Å²) in [5.41, 5.74) is 3.51. The number of halogens is 1. The molecule has 0 heterocycles. The molecule has 0 fully saturated rings. The van der Waals surface area contributed by atoms with Gasteiger partial charge in [0.1, 0.15) is 0 Å². The van der Waals surface area contributed by atoms with Crippen molar-refractivity contribution >= 4 is 17.7 Å². The third-order valence-electron chi connectivity index (χ3n) is 2.33. The highest BCUT2D eigenvalue weighted by molar-refractivity contribution is 6.32. The molecule has 0 aliphatic carbocycles. The van der Waals surface area contributed by atoms with Gasteiger partial charge in [0.05, 0.1) is 0 Å². The fourth-order valence-electron chi connectivity index (χ4n) is 1.52. The van der Waals surface area contributed by atoms with Crippen molar-refractivity contribution in [1.29, 1.82) is 0 Å². The highest BCUT2D eigenvalue weighted by Crippen LogP contribution is 2.22. The summed E-state index contributed by atoms with van der Waals surface area (Å²) >= 11 is 6.10. The second kappa shape index (κ2) is 5.94. The van der Waals surface area contributed by atoms with Crippen LogP contribution in [0.15, 0.2) is 18.2 Å². The fraction of sp³-hybridized carbons (Fsp3) is 0.385. The molecule has 0 bridgehead atoms. The first-order valence-corrected chi connectivity index (χ1v) is 5.61. The number of hydrogen-bond acceptors (Lipinski definition) is 1. The first kappa shape index (κ1) is 12.3. The Kier molecular flexibility index (Phi) is 4.86. The monoisotopic (exact) mass is 223 g/mol. The van der Waals surface area contributed by atoms with E-state index in [1.807, 2.05) is 20.9 Å². The van der Waals surface area contributed by atoms with E-state index in [4.69, 9.17) is 11.6 Å². The topological polar surface area (TPSA) is 12.0 Å². The Morgan fingerprint density at radius 1 is 1.27 bits per heavy atom. The van der Waals surface area contributed by atoms with Crippen LogP contribution in [0, 0.1) is 13.8 Å². The summed E-state index contributed by atoms with van der Waals surface area (Å²) in [6, 6.07) is 4.23. The Hall–Kier alpha value is -0.790. The molecule has 0 aromatic heterocycles. The zero-order chi connectivity index (χ0) is 11.3. The van der Waals surface area contributed by atoms with Gasteiger partial charge in [0.2, 0.25) is 0 Å². The molecule has 0 saturated carbocycles. The van der Waals surface area contributed by atoms with Crippen molar-refractivity contribution in [1.82, 2.24) is 5.32 Å². The average molecular weight is 224 g/mol. The van der Waals surface area contributed by atoms with E-state index in [-0.39, 0.29) is 0 Å². The Labute approximate surface area is 97.1 Å². The Bertz CT molecular complexity index is 333. The lowest BCUT2D eigenvalue weighted by atomic mass is 10.1. The predicted molar refractivity (Wildman–Crippen MR) is 68.5 cm³/mol. The van der Waals surface area contributed by atoms with Gasteiger partial charge in [0, 0.05) is 5.02 Å². The molecule has 0 aliphatic rings. The lowest BCUT2D eigenvalue weighted by Crippen LogP contribution is -2.05. The Morgan fingerprint density at radius 2 is 1.87 bits per heavy atom. The van der Waals surface area contributed by atoms with Crippen LogP contribution in [0.25, 0.3) is 6.08 Å². The lowest BCUT2D eigenvalue weighted by molar-refractivity contribution is 0.809. The summed E-state index contributed by atoms with van der Waals surface area (Å²) in [5, 5.41) is 3.99. The largest absolute Gasteiger partial charge is 0.319 e. The van der Waals surface area contributed by atoms with Crippen molar-refractivity contribution in [3.63, 3.8) is 0 Å². The maximum absolute atomic E-state index is 6.10. The Balaban J connectivity index is 2.74. The van der Waals surface area contributed by atoms with Gasteiger partial charge in [-0.05, 0) is 50.6 Å². The van der Waals surface area contributed by atoms with Gasteiger partial charge in [-0.25, -0.2) is 0 Å². The van der Waals surface area contributed by atoms with Crippen LogP contribution in [0.2, 0.25) is 5.02 Å². The lowest BCUT2D eigenvalue weighted by Gasteiger charge is -2.04. The number of rotatable bonds is 4. The normalized spacial score (nSPS) is 11.2. The standard InChI is InChI=1S/C13H18ClN/c1-10-8-12(6-4-5-7-15-3)9-11(2)13(10)14/h4,6,8-9,15H,5,7H2,1-3H3. The van der Waals surface area contributed by atoms with E-state index in [0.29, 0.717) is 0 Å². The predicted octanol–water partition coefficient (Wildman–Crippen LogP) is 3.58. The number of benzene rings is 1. The van der Waals surface area contributed by atoms with Crippen LogP contribution in [0.4, 0.5) is 0 Å². The fourth-order valence-corrected chi connectivity index (χ4v) is 1.63. The maximum atomic E-state index is 6.10. The average Bonchev–Trinajstić information content (AvgIpc) is 2.21. The number of hydrogen-bond donors (Lipinski definition) is 1. The maximum Gasteiger partial charge on any atom is 0.0464 e. The van der Waals surface area contributed by atoms with Crippen LogP contribution in [0.3, 0.4) is 0 Å². The smallest absolute Gasteiger partial charge is 0.0464 e. The zero-order valence-corrected chi connectivity index (χ0v) is 10.4. The molecule has 0 unspecified atom stereocenters. The van der Waals surface area contributed by atoms with Gasteiger partial charge in [0.25, 0.3) is 0 Å². The van der Waals surface area contributed by atoms with E-state index in [9.17, 15) is 0 Å². The first-order valence-electron chi connectivity index (χ1n) is 5.23. The van der Waals surface area contributed by atoms with Crippen molar-refractivity contribution in [2.75, 3.05) is 13.6 Å². The summed E-state index contributed by atoms with van der Waals surface area (Å²) in [6.45, 7) is 5.10. The van der Waals surface area contributed by atoms with E-state index in [2.05, 4.69) is 29.6 Å². The van der Waals surface area contributed by atoms with Gasteiger partial charge >= 0.3 is 0 Å². The molecule has 82 valence electrons. The van der Waals surface area contributed by atoms with Crippen molar-refractivity contribution < 1.29 is 0 Å². The van der Waals surface area contributed by atoms with E-state index in [0.717, 1.165) is 29.1 Å². The molecular formula is C13H18ClN. The third-order valence-corrected chi connectivity index (χ3v) is 2.93. The van der Waals surface area contributed by atoms with Crippen molar-refractivity contribution in [2.45, 2.75) is 20.3 Å². The van der Waals surface area contributed by atoms with Crippen molar-refractivity contribution in [3.05, 3.63) is 39.9 Å². The van der Waals surface area contributed by atoms with E-state index in [1.54, 1.807) is 0 Å².